The molecule has 178 valence electrons. The zero-order valence-electron chi connectivity index (χ0n) is 20.8. The van der Waals surface area contributed by atoms with E-state index in [4.69, 9.17) is 0 Å². The summed E-state index contributed by atoms with van der Waals surface area (Å²) in [6.07, 6.45) is 4.44. The maximum absolute atomic E-state index is 15.2. The molecule has 0 aliphatic heterocycles. The highest BCUT2D eigenvalue weighted by atomic mass is 32.1. The highest BCUT2D eigenvalue weighted by molar-refractivity contribution is 7.22. The lowest BCUT2D eigenvalue weighted by atomic mass is 10.0. The summed E-state index contributed by atoms with van der Waals surface area (Å²) in [7, 11) is 0. The van der Waals surface area contributed by atoms with Crippen molar-refractivity contribution in [1.29, 1.82) is 0 Å². The van der Waals surface area contributed by atoms with E-state index in [9.17, 15) is 0 Å². The van der Waals surface area contributed by atoms with E-state index < -0.39 is 0 Å². The third-order valence-corrected chi connectivity index (χ3v) is 7.56. The molecule has 2 heteroatoms. The van der Waals surface area contributed by atoms with Gasteiger partial charge in [0.1, 0.15) is 5.82 Å². The van der Waals surface area contributed by atoms with Crippen LogP contribution in [0.3, 0.4) is 0 Å². The number of benzene rings is 4. The molecule has 0 amide bonds. The molecule has 0 atom stereocenters. The molecule has 0 fully saturated rings. The zero-order valence-corrected chi connectivity index (χ0v) is 21.6. The highest BCUT2D eigenvalue weighted by Crippen LogP contribution is 2.36. The Morgan fingerprint density at radius 1 is 0.639 bits per heavy atom. The summed E-state index contributed by atoms with van der Waals surface area (Å²) in [5, 5.41) is 1.11. The molecule has 0 aliphatic rings. The van der Waals surface area contributed by atoms with E-state index in [0.29, 0.717) is 5.56 Å². The number of thiophene rings is 1. The van der Waals surface area contributed by atoms with Gasteiger partial charge in [0.2, 0.25) is 0 Å². The molecule has 0 aliphatic carbocycles. The molecule has 0 spiro atoms. The van der Waals surface area contributed by atoms with Crippen molar-refractivity contribution >= 4 is 21.4 Å². The van der Waals surface area contributed by atoms with Crippen LogP contribution < -0.4 is 0 Å². The zero-order chi connectivity index (χ0) is 24.9. The molecule has 0 N–H and O–H groups in total. The molecule has 0 nitrogen and oxygen atoms in total. The standard InChI is InChI=1S/C34H29FS/c1-3-5-24-7-9-26(10-8-24)11-12-27-15-18-30-23-34(36-33(30)21-27)31-20-19-29(22-32(31)35)28-16-13-25(6-4-2)14-17-28/h7-10,13-23H,3-6H2,1-2H3. The Balaban J connectivity index is 1.37. The second-order valence-corrected chi connectivity index (χ2v) is 10.3. The summed E-state index contributed by atoms with van der Waals surface area (Å²) in [6, 6.07) is 30.8. The van der Waals surface area contributed by atoms with Gasteiger partial charge in [-0.05, 0) is 82.9 Å². The van der Waals surface area contributed by atoms with Gasteiger partial charge in [0.25, 0.3) is 0 Å². The molecule has 0 saturated heterocycles. The van der Waals surface area contributed by atoms with Gasteiger partial charge in [0, 0.05) is 26.3 Å². The van der Waals surface area contributed by atoms with E-state index in [0.717, 1.165) is 62.9 Å². The molecule has 0 bridgehead atoms. The second kappa shape index (κ2) is 10.9. The Morgan fingerprint density at radius 3 is 1.92 bits per heavy atom. The van der Waals surface area contributed by atoms with E-state index in [1.807, 2.05) is 18.2 Å². The van der Waals surface area contributed by atoms with Crippen LogP contribution in [-0.4, -0.2) is 0 Å². The lowest BCUT2D eigenvalue weighted by Gasteiger charge is -2.06. The van der Waals surface area contributed by atoms with E-state index in [2.05, 4.69) is 92.4 Å². The summed E-state index contributed by atoms with van der Waals surface area (Å²) in [6.45, 7) is 4.37. The van der Waals surface area contributed by atoms with Crippen molar-refractivity contribution in [2.24, 2.45) is 0 Å². The summed E-state index contributed by atoms with van der Waals surface area (Å²) in [5.41, 5.74) is 7.24. The smallest absolute Gasteiger partial charge is 0.132 e. The molecule has 5 rings (SSSR count). The second-order valence-electron chi connectivity index (χ2n) is 9.20. The van der Waals surface area contributed by atoms with Crippen molar-refractivity contribution < 1.29 is 4.39 Å². The van der Waals surface area contributed by atoms with Gasteiger partial charge >= 0.3 is 0 Å². The molecule has 1 heterocycles. The molecule has 36 heavy (non-hydrogen) atoms. The van der Waals surface area contributed by atoms with Crippen LogP contribution in [0, 0.1) is 17.7 Å². The number of aryl methyl sites for hydroxylation is 2. The molecular weight excluding hydrogens is 459 g/mol. The van der Waals surface area contributed by atoms with Gasteiger partial charge < -0.3 is 0 Å². The van der Waals surface area contributed by atoms with Gasteiger partial charge in [0.05, 0.1) is 0 Å². The minimum absolute atomic E-state index is 0.191. The van der Waals surface area contributed by atoms with Crippen LogP contribution in [0.1, 0.15) is 48.9 Å². The summed E-state index contributed by atoms with van der Waals surface area (Å²) in [5.74, 6) is 6.36. The third-order valence-electron chi connectivity index (χ3n) is 6.42. The monoisotopic (exact) mass is 488 g/mol. The van der Waals surface area contributed by atoms with Crippen LogP contribution in [-0.2, 0) is 12.8 Å². The number of halogens is 1. The maximum Gasteiger partial charge on any atom is 0.132 e. The van der Waals surface area contributed by atoms with E-state index in [1.165, 1.54) is 11.1 Å². The van der Waals surface area contributed by atoms with Crippen LogP contribution in [0.2, 0.25) is 0 Å². The average Bonchev–Trinajstić information content (AvgIpc) is 3.32. The minimum Gasteiger partial charge on any atom is -0.206 e. The van der Waals surface area contributed by atoms with Gasteiger partial charge in [-0.1, -0.05) is 87.1 Å². The minimum atomic E-state index is -0.191. The lowest BCUT2D eigenvalue weighted by Crippen LogP contribution is -1.86. The topological polar surface area (TPSA) is 0 Å². The van der Waals surface area contributed by atoms with Gasteiger partial charge in [-0.2, -0.15) is 0 Å². The van der Waals surface area contributed by atoms with Gasteiger partial charge in [-0.25, -0.2) is 4.39 Å². The first-order chi connectivity index (χ1) is 17.6. The fraction of sp³-hybridized carbons (Fsp3) is 0.176. The Morgan fingerprint density at radius 2 is 1.25 bits per heavy atom. The largest absolute Gasteiger partial charge is 0.206 e. The number of rotatable bonds is 6. The van der Waals surface area contributed by atoms with E-state index >= 15 is 4.39 Å². The molecule has 5 aromatic rings. The maximum atomic E-state index is 15.2. The molecule has 1 aromatic heterocycles. The SMILES string of the molecule is CCCc1ccc(C#Cc2ccc3cc(-c4ccc(-c5ccc(CCC)cc5)cc4F)sc3c2)cc1. The van der Waals surface area contributed by atoms with Crippen LogP contribution in [0.15, 0.2) is 91.0 Å². The predicted molar refractivity (Wildman–Crippen MR) is 153 cm³/mol. The van der Waals surface area contributed by atoms with Gasteiger partial charge in [-0.3, -0.25) is 0 Å². The average molecular weight is 489 g/mol. The summed E-state index contributed by atoms with van der Waals surface area (Å²) >= 11 is 1.61. The Kier molecular flexibility index (Phi) is 7.31. The third kappa shape index (κ3) is 5.43. The number of fused-ring (bicyclic) bond motifs is 1. The fourth-order valence-corrected chi connectivity index (χ4v) is 5.61. The van der Waals surface area contributed by atoms with Crippen LogP contribution in [0.25, 0.3) is 31.7 Å². The van der Waals surface area contributed by atoms with Gasteiger partial charge in [-0.15, -0.1) is 11.3 Å². The van der Waals surface area contributed by atoms with Crippen molar-refractivity contribution in [3.05, 3.63) is 119 Å². The lowest BCUT2D eigenvalue weighted by molar-refractivity contribution is 0.632. The normalized spacial score (nSPS) is 10.9. The van der Waals surface area contributed by atoms with Crippen molar-refractivity contribution in [2.45, 2.75) is 39.5 Å². The first-order valence-electron chi connectivity index (χ1n) is 12.7. The summed E-state index contributed by atoms with van der Waals surface area (Å²) < 4.78 is 16.3. The molecule has 0 unspecified atom stereocenters. The van der Waals surface area contributed by atoms with Gasteiger partial charge in [0.15, 0.2) is 0 Å². The molecule has 4 aromatic carbocycles. The molecule has 0 radical (unpaired) electrons. The van der Waals surface area contributed by atoms with Crippen molar-refractivity contribution in [3.63, 3.8) is 0 Å². The summed E-state index contributed by atoms with van der Waals surface area (Å²) in [4.78, 5) is 0.934. The Bertz CT molecular complexity index is 1540. The van der Waals surface area contributed by atoms with Crippen molar-refractivity contribution in [1.82, 2.24) is 0 Å². The Labute approximate surface area is 217 Å². The fourth-order valence-electron chi connectivity index (χ4n) is 4.48. The highest BCUT2D eigenvalue weighted by Gasteiger charge is 2.11. The first-order valence-corrected chi connectivity index (χ1v) is 13.5. The number of hydrogen-bond acceptors (Lipinski definition) is 1. The molecular formula is C34H29FS. The van der Waals surface area contributed by atoms with Crippen LogP contribution in [0.4, 0.5) is 4.39 Å². The van der Waals surface area contributed by atoms with E-state index in [1.54, 1.807) is 17.4 Å². The predicted octanol–water partition coefficient (Wildman–Crippen LogP) is 9.68. The van der Waals surface area contributed by atoms with Crippen molar-refractivity contribution in [3.8, 4) is 33.4 Å². The Hall–Kier alpha value is -3.67. The van der Waals surface area contributed by atoms with Crippen LogP contribution in [0.5, 0.6) is 0 Å². The first kappa shape index (κ1) is 24.0. The van der Waals surface area contributed by atoms with E-state index in [-0.39, 0.29) is 5.82 Å². The number of hydrogen-bond donors (Lipinski definition) is 0. The van der Waals surface area contributed by atoms with Crippen molar-refractivity contribution in [2.75, 3.05) is 0 Å². The quantitative estimate of drug-likeness (QED) is 0.209. The van der Waals surface area contributed by atoms with Crippen LogP contribution >= 0.6 is 11.3 Å². The molecule has 0 saturated carbocycles.